The molecule has 2 aliphatic rings. The first-order chi connectivity index (χ1) is 10.2. The van der Waals surface area contributed by atoms with E-state index < -0.39 is 0 Å². The zero-order valence-electron chi connectivity index (χ0n) is 12.0. The molecule has 1 aliphatic carbocycles. The highest BCUT2D eigenvalue weighted by atomic mass is 32.2. The number of Topliss-reactive ketones (excluding diaryl/α,β-unsaturated/α-hetero) is 1. The van der Waals surface area contributed by atoms with Crippen LogP contribution in [0.15, 0.2) is 23.4 Å². The number of pyridine rings is 1. The summed E-state index contributed by atoms with van der Waals surface area (Å²) in [5.41, 5.74) is 0.982. The van der Waals surface area contributed by atoms with Gasteiger partial charge in [-0.25, -0.2) is 4.98 Å². The second-order valence-electron chi connectivity index (χ2n) is 5.88. The van der Waals surface area contributed by atoms with Crippen molar-refractivity contribution in [1.29, 1.82) is 0 Å². The number of nitrogens with one attached hydrogen (secondary N) is 1. The zero-order chi connectivity index (χ0) is 14.7. The molecule has 1 saturated carbocycles. The van der Waals surface area contributed by atoms with Gasteiger partial charge >= 0.3 is 0 Å². The quantitative estimate of drug-likeness (QED) is 0.928. The van der Waals surface area contributed by atoms with Gasteiger partial charge in [0.05, 0.1) is 5.25 Å². The standard InChI is InChI=1S/C16H20N2O2S/c19-13-8-12-6-3-7-17-16(12)21-14(13)9-15(20)18-10-11-4-1-2-5-11/h3,6-7,11,14H,1-2,4-5,8-10H2,(H,18,20). The van der Waals surface area contributed by atoms with Gasteiger partial charge in [-0.1, -0.05) is 30.7 Å². The Balaban J connectivity index is 1.52. The van der Waals surface area contributed by atoms with Crippen LogP contribution in [0.5, 0.6) is 0 Å². The predicted molar refractivity (Wildman–Crippen MR) is 82.2 cm³/mol. The van der Waals surface area contributed by atoms with E-state index in [4.69, 9.17) is 0 Å². The lowest BCUT2D eigenvalue weighted by molar-refractivity contribution is -0.125. The molecule has 0 aromatic carbocycles. The average molecular weight is 304 g/mol. The van der Waals surface area contributed by atoms with E-state index in [9.17, 15) is 9.59 Å². The maximum Gasteiger partial charge on any atom is 0.221 e. The highest BCUT2D eigenvalue weighted by Crippen LogP contribution is 2.33. The number of nitrogens with zero attached hydrogens (tertiary/aromatic N) is 1. The Labute approximate surface area is 129 Å². The molecule has 0 bridgehead atoms. The van der Waals surface area contributed by atoms with Crippen molar-refractivity contribution in [2.24, 2.45) is 5.92 Å². The minimum Gasteiger partial charge on any atom is -0.356 e. The fourth-order valence-corrected chi connectivity index (χ4v) is 4.17. The Hall–Kier alpha value is -1.36. The lowest BCUT2D eigenvalue weighted by Gasteiger charge is -2.21. The van der Waals surface area contributed by atoms with E-state index in [2.05, 4.69) is 10.3 Å². The second kappa shape index (κ2) is 6.60. The molecule has 21 heavy (non-hydrogen) atoms. The Bertz CT molecular complexity index is 541. The van der Waals surface area contributed by atoms with Gasteiger partial charge in [0.25, 0.3) is 0 Å². The van der Waals surface area contributed by atoms with Gasteiger partial charge in [0.15, 0.2) is 5.78 Å². The van der Waals surface area contributed by atoms with Crippen molar-refractivity contribution in [2.75, 3.05) is 6.54 Å². The van der Waals surface area contributed by atoms with Crippen LogP contribution in [0, 0.1) is 5.92 Å². The molecular weight excluding hydrogens is 284 g/mol. The van der Waals surface area contributed by atoms with Crippen LogP contribution in [0.25, 0.3) is 0 Å². The summed E-state index contributed by atoms with van der Waals surface area (Å²) in [5, 5.41) is 3.60. The lowest BCUT2D eigenvalue weighted by Crippen LogP contribution is -2.34. The third-order valence-electron chi connectivity index (χ3n) is 4.26. The fourth-order valence-electron chi connectivity index (χ4n) is 3.04. The van der Waals surface area contributed by atoms with Crippen LogP contribution in [0.2, 0.25) is 0 Å². The summed E-state index contributed by atoms with van der Waals surface area (Å²) in [6, 6.07) is 3.78. The van der Waals surface area contributed by atoms with Gasteiger partial charge in [0.1, 0.15) is 5.03 Å². The van der Waals surface area contributed by atoms with Crippen LogP contribution in [0.3, 0.4) is 0 Å². The molecule has 112 valence electrons. The molecule has 3 rings (SSSR count). The van der Waals surface area contributed by atoms with Crippen LogP contribution in [0.1, 0.15) is 37.7 Å². The first kappa shape index (κ1) is 14.6. The normalized spacial score (nSPS) is 22.1. The Morgan fingerprint density at radius 1 is 1.38 bits per heavy atom. The first-order valence-corrected chi connectivity index (χ1v) is 8.50. The maximum atomic E-state index is 12.1. The van der Waals surface area contributed by atoms with Gasteiger partial charge < -0.3 is 5.32 Å². The number of amides is 1. The van der Waals surface area contributed by atoms with Crippen molar-refractivity contribution in [3.8, 4) is 0 Å². The minimum absolute atomic E-state index is 0.00729. The molecule has 1 aromatic heterocycles. The largest absolute Gasteiger partial charge is 0.356 e. The third-order valence-corrected chi connectivity index (χ3v) is 5.57. The van der Waals surface area contributed by atoms with E-state index in [1.165, 1.54) is 37.4 Å². The van der Waals surface area contributed by atoms with Gasteiger partial charge in [-0.15, -0.1) is 0 Å². The van der Waals surface area contributed by atoms with Crippen LogP contribution in [-0.2, 0) is 16.0 Å². The highest BCUT2D eigenvalue weighted by Gasteiger charge is 2.29. The summed E-state index contributed by atoms with van der Waals surface area (Å²) in [6.07, 6.45) is 7.39. The summed E-state index contributed by atoms with van der Waals surface area (Å²) < 4.78 is 0. The number of hydrogen-bond acceptors (Lipinski definition) is 4. The smallest absolute Gasteiger partial charge is 0.221 e. The molecule has 0 radical (unpaired) electrons. The van der Waals surface area contributed by atoms with Crippen molar-refractivity contribution in [3.05, 3.63) is 23.9 Å². The van der Waals surface area contributed by atoms with Gasteiger partial charge in [0.2, 0.25) is 5.91 Å². The summed E-state index contributed by atoms with van der Waals surface area (Å²) in [6.45, 7) is 0.763. The molecule has 0 spiro atoms. The highest BCUT2D eigenvalue weighted by molar-refractivity contribution is 8.00. The molecule has 2 heterocycles. The lowest BCUT2D eigenvalue weighted by atomic mass is 10.1. The molecule has 0 saturated heterocycles. The molecule has 5 heteroatoms. The topological polar surface area (TPSA) is 59.1 Å². The molecule has 1 N–H and O–H groups in total. The Morgan fingerprint density at radius 3 is 3.00 bits per heavy atom. The van der Waals surface area contributed by atoms with Crippen LogP contribution >= 0.6 is 11.8 Å². The van der Waals surface area contributed by atoms with Crippen molar-refractivity contribution in [2.45, 2.75) is 48.8 Å². The summed E-state index contributed by atoms with van der Waals surface area (Å²) >= 11 is 1.43. The zero-order valence-corrected chi connectivity index (χ0v) is 12.8. The van der Waals surface area contributed by atoms with Crippen molar-refractivity contribution >= 4 is 23.5 Å². The number of thioether (sulfide) groups is 1. The summed E-state index contributed by atoms with van der Waals surface area (Å²) in [5.74, 6) is 0.759. The Kier molecular flexibility index (Phi) is 4.58. The third kappa shape index (κ3) is 3.64. The van der Waals surface area contributed by atoms with Gasteiger partial charge in [0, 0.05) is 25.6 Å². The molecular formula is C16H20N2O2S. The number of carbonyl (C=O) groups excluding carboxylic acids is 2. The molecule has 1 aromatic rings. The number of rotatable bonds is 4. The predicted octanol–water partition coefficient (Wildman–Crippen LogP) is 2.36. The number of carbonyl (C=O) groups is 2. The Morgan fingerprint density at radius 2 is 2.19 bits per heavy atom. The maximum absolute atomic E-state index is 12.1. The van der Waals surface area contributed by atoms with Crippen LogP contribution in [-0.4, -0.2) is 28.5 Å². The van der Waals surface area contributed by atoms with Gasteiger partial charge in [-0.3, -0.25) is 9.59 Å². The van der Waals surface area contributed by atoms with Crippen LogP contribution in [0.4, 0.5) is 0 Å². The van der Waals surface area contributed by atoms with Crippen molar-refractivity contribution < 1.29 is 9.59 Å². The minimum atomic E-state index is -0.282. The van der Waals surface area contributed by atoms with E-state index in [0.29, 0.717) is 12.3 Å². The monoisotopic (exact) mass is 304 g/mol. The molecule has 1 aliphatic heterocycles. The summed E-state index contributed by atoms with van der Waals surface area (Å²) in [4.78, 5) is 28.5. The molecule has 1 amide bonds. The first-order valence-electron chi connectivity index (χ1n) is 7.62. The number of hydrogen-bond donors (Lipinski definition) is 1. The van der Waals surface area contributed by atoms with Gasteiger partial charge in [-0.2, -0.15) is 0 Å². The van der Waals surface area contributed by atoms with Crippen LogP contribution < -0.4 is 5.32 Å². The number of fused-ring (bicyclic) bond motifs is 1. The number of ketones is 1. The molecule has 1 atom stereocenters. The fraction of sp³-hybridized carbons (Fsp3) is 0.562. The summed E-state index contributed by atoms with van der Waals surface area (Å²) in [7, 11) is 0. The van der Waals surface area contributed by atoms with Crippen molar-refractivity contribution in [3.63, 3.8) is 0 Å². The van der Waals surface area contributed by atoms with E-state index in [1.807, 2.05) is 12.1 Å². The van der Waals surface area contributed by atoms with Gasteiger partial charge in [-0.05, 0) is 30.4 Å². The van der Waals surface area contributed by atoms with E-state index in [1.54, 1.807) is 6.20 Å². The second-order valence-corrected chi connectivity index (χ2v) is 7.07. The van der Waals surface area contributed by atoms with E-state index in [0.717, 1.165) is 17.1 Å². The molecule has 1 unspecified atom stereocenters. The van der Waals surface area contributed by atoms with E-state index in [-0.39, 0.29) is 23.4 Å². The molecule has 1 fully saturated rings. The SMILES string of the molecule is O=C(CC1Sc2ncccc2CC1=O)NCC1CCCC1. The molecule has 4 nitrogen and oxygen atoms in total. The van der Waals surface area contributed by atoms with Crippen molar-refractivity contribution in [1.82, 2.24) is 10.3 Å². The average Bonchev–Trinajstić information content (AvgIpc) is 2.99. The number of aromatic nitrogens is 1. The van der Waals surface area contributed by atoms with E-state index >= 15 is 0 Å².